The summed E-state index contributed by atoms with van der Waals surface area (Å²) in [5, 5.41) is 2.99. The van der Waals surface area contributed by atoms with Crippen molar-refractivity contribution in [3.05, 3.63) is 39.3 Å². The molecular weight excluding hydrogens is 318 g/mol. The Labute approximate surface area is 126 Å². The van der Waals surface area contributed by atoms with E-state index in [9.17, 15) is 8.42 Å². The predicted octanol–water partition coefficient (Wildman–Crippen LogP) is 2.21. The summed E-state index contributed by atoms with van der Waals surface area (Å²) in [7, 11) is -3.63. The normalized spacial score (nSPS) is 11.7. The molecule has 8 heteroatoms. The van der Waals surface area contributed by atoms with Crippen LogP contribution in [0.15, 0.2) is 28.5 Å². The van der Waals surface area contributed by atoms with Gasteiger partial charge in [-0.05, 0) is 25.1 Å². The summed E-state index contributed by atoms with van der Waals surface area (Å²) in [4.78, 5) is 4.30. The minimum Gasteiger partial charge on any atom is -0.399 e. The second-order valence-electron chi connectivity index (χ2n) is 4.20. The first-order valence-electron chi connectivity index (χ1n) is 5.84. The summed E-state index contributed by atoms with van der Waals surface area (Å²) in [6.07, 6.45) is 0.538. The lowest BCUT2D eigenvalue weighted by atomic mass is 10.3. The number of anilines is 1. The molecule has 0 aliphatic rings. The van der Waals surface area contributed by atoms with Crippen LogP contribution in [0, 0.1) is 6.92 Å². The molecule has 1 heterocycles. The average Bonchev–Trinajstić information content (AvgIpc) is 2.74. The Morgan fingerprint density at radius 2 is 2.20 bits per heavy atom. The molecule has 1 aromatic heterocycles. The van der Waals surface area contributed by atoms with E-state index >= 15 is 0 Å². The first kappa shape index (κ1) is 15.2. The zero-order chi connectivity index (χ0) is 14.8. The Kier molecular flexibility index (Phi) is 4.64. The number of aromatic nitrogens is 1. The highest BCUT2D eigenvalue weighted by molar-refractivity contribution is 7.89. The first-order valence-corrected chi connectivity index (χ1v) is 8.58. The lowest BCUT2D eigenvalue weighted by molar-refractivity contribution is 0.581. The summed E-state index contributed by atoms with van der Waals surface area (Å²) >= 11 is 7.44. The summed E-state index contributed by atoms with van der Waals surface area (Å²) < 4.78 is 26.7. The van der Waals surface area contributed by atoms with E-state index in [1.165, 1.54) is 29.5 Å². The molecule has 2 rings (SSSR count). The second kappa shape index (κ2) is 6.09. The zero-order valence-corrected chi connectivity index (χ0v) is 13.1. The second-order valence-corrected chi connectivity index (χ2v) is 7.40. The van der Waals surface area contributed by atoms with E-state index in [1.807, 2.05) is 12.3 Å². The largest absolute Gasteiger partial charge is 0.399 e. The van der Waals surface area contributed by atoms with Gasteiger partial charge in [0.15, 0.2) is 0 Å². The average molecular weight is 332 g/mol. The van der Waals surface area contributed by atoms with Gasteiger partial charge in [0.05, 0.1) is 15.7 Å². The standard InChI is InChI=1S/C12H14ClN3O2S2/c1-8-16-10(7-19-8)4-5-15-20(17,18)12-3-2-9(14)6-11(12)13/h2-3,6-7,15H,4-5,14H2,1H3. The molecule has 1 aromatic carbocycles. The molecule has 0 saturated carbocycles. The van der Waals surface area contributed by atoms with Crippen molar-refractivity contribution in [1.29, 1.82) is 0 Å². The summed E-state index contributed by atoms with van der Waals surface area (Å²) in [5.74, 6) is 0. The number of aryl methyl sites for hydroxylation is 1. The Morgan fingerprint density at radius 3 is 2.80 bits per heavy atom. The number of nitrogens with one attached hydrogen (secondary N) is 1. The molecule has 108 valence electrons. The van der Waals surface area contributed by atoms with Crippen LogP contribution in [0.4, 0.5) is 5.69 Å². The van der Waals surface area contributed by atoms with Crippen molar-refractivity contribution in [2.24, 2.45) is 0 Å². The highest BCUT2D eigenvalue weighted by Gasteiger charge is 2.17. The van der Waals surface area contributed by atoms with Gasteiger partial charge in [0.1, 0.15) is 4.90 Å². The molecule has 0 fully saturated rings. The quantitative estimate of drug-likeness (QED) is 0.822. The van der Waals surface area contributed by atoms with Crippen LogP contribution in [0.1, 0.15) is 10.7 Å². The van der Waals surface area contributed by atoms with Crippen molar-refractivity contribution in [1.82, 2.24) is 9.71 Å². The molecule has 0 atom stereocenters. The molecule has 0 aliphatic carbocycles. The Bertz CT molecular complexity index is 713. The predicted molar refractivity (Wildman–Crippen MR) is 81.6 cm³/mol. The topological polar surface area (TPSA) is 85.1 Å². The number of rotatable bonds is 5. The summed E-state index contributed by atoms with van der Waals surface area (Å²) in [6.45, 7) is 2.18. The van der Waals surface area contributed by atoms with Crippen LogP contribution in [-0.4, -0.2) is 19.9 Å². The smallest absolute Gasteiger partial charge is 0.242 e. The molecule has 0 aliphatic heterocycles. The van der Waals surface area contributed by atoms with Crippen molar-refractivity contribution in [2.45, 2.75) is 18.2 Å². The molecule has 0 amide bonds. The van der Waals surface area contributed by atoms with E-state index in [2.05, 4.69) is 9.71 Å². The van der Waals surface area contributed by atoms with Gasteiger partial charge in [-0.1, -0.05) is 11.6 Å². The van der Waals surface area contributed by atoms with Gasteiger partial charge in [-0.3, -0.25) is 0 Å². The summed E-state index contributed by atoms with van der Waals surface area (Å²) in [6, 6.07) is 4.32. The molecular formula is C12H14ClN3O2S2. The zero-order valence-electron chi connectivity index (χ0n) is 10.8. The molecule has 0 unspecified atom stereocenters. The fourth-order valence-corrected chi connectivity index (χ4v) is 3.88. The van der Waals surface area contributed by atoms with Gasteiger partial charge in [-0.15, -0.1) is 11.3 Å². The van der Waals surface area contributed by atoms with Crippen molar-refractivity contribution < 1.29 is 8.42 Å². The molecule has 0 spiro atoms. The van der Waals surface area contributed by atoms with E-state index in [0.717, 1.165) is 10.7 Å². The maximum atomic E-state index is 12.1. The van der Waals surface area contributed by atoms with Gasteiger partial charge in [0.2, 0.25) is 10.0 Å². The van der Waals surface area contributed by atoms with E-state index < -0.39 is 10.0 Å². The number of halogens is 1. The third kappa shape index (κ3) is 3.69. The molecule has 0 saturated heterocycles. The molecule has 3 N–H and O–H groups in total. The summed E-state index contributed by atoms with van der Waals surface area (Å²) in [5.41, 5.74) is 6.84. The van der Waals surface area contributed by atoms with Crippen molar-refractivity contribution in [3.63, 3.8) is 0 Å². The van der Waals surface area contributed by atoms with Crippen molar-refractivity contribution in [3.8, 4) is 0 Å². The molecule has 0 bridgehead atoms. The number of hydrogen-bond acceptors (Lipinski definition) is 5. The lowest BCUT2D eigenvalue weighted by Crippen LogP contribution is -2.26. The fraction of sp³-hybridized carbons (Fsp3) is 0.250. The van der Waals surface area contributed by atoms with Crippen LogP contribution >= 0.6 is 22.9 Å². The van der Waals surface area contributed by atoms with Gasteiger partial charge < -0.3 is 5.73 Å². The number of sulfonamides is 1. The minimum atomic E-state index is -3.63. The van der Waals surface area contributed by atoms with Gasteiger partial charge >= 0.3 is 0 Å². The van der Waals surface area contributed by atoms with Gasteiger partial charge in [-0.2, -0.15) is 0 Å². The number of nitrogens with two attached hydrogens (primary N) is 1. The maximum absolute atomic E-state index is 12.1. The molecule has 5 nitrogen and oxygen atoms in total. The van der Waals surface area contributed by atoms with Crippen molar-refractivity contribution in [2.75, 3.05) is 12.3 Å². The Balaban J connectivity index is 2.04. The number of thiazole rings is 1. The van der Waals surface area contributed by atoms with Crippen LogP contribution in [0.2, 0.25) is 5.02 Å². The van der Waals surface area contributed by atoms with Crippen LogP contribution in [-0.2, 0) is 16.4 Å². The first-order chi connectivity index (χ1) is 9.38. The Hall–Kier alpha value is -1.15. The van der Waals surface area contributed by atoms with E-state index in [1.54, 1.807) is 0 Å². The lowest BCUT2D eigenvalue weighted by Gasteiger charge is -2.08. The van der Waals surface area contributed by atoms with Gasteiger partial charge in [0, 0.05) is 24.0 Å². The monoisotopic (exact) mass is 331 g/mol. The number of nitrogen functional groups attached to an aromatic ring is 1. The highest BCUT2D eigenvalue weighted by Crippen LogP contribution is 2.23. The fourth-order valence-electron chi connectivity index (χ4n) is 1.65. The van der Waals surface area contributed by atoms with Crippen LogP contribution in [0.5, 0.6) is 0 Å². The molecule has 20 heavy (non-hydrogen) atoms. The Morgan fingerprint density at radius 1 is 1.45 bits per heavy atom. The number of benzene rings is 1. The number of hydrogen-bond donors (Lipinski definition) is 2. The number of nitrogens with zero attached hydrogens (tertiary/aromatic N) is 1. The van der Waals surface area contributed by atoms with Crippen LogP contribution in [0.3, 0.4) is 0 Å². The third-order valence-electron chi connectivity index (χ3n) is 2.59. The van der Waals surface area contributed by atoms with E-state index in [0.29, 0.717) is 12.1 Å². The van der Waals surface area contributed by atoms with Gasteiger partial charge in [-0.25, -0.2) is 18.1 Å². The van der Waals surface area contributed by atoms with E-state index in [4.69, 9.17) is 17.3 Å². The highest BCUT2D eigenvalue weighted by atomic mass is 35.5. The molecule has 2 aromatic rings. The maximum Gasteiger partial charge on any atom is 0.242 e. The van der Waals surface area contributed by atoms with Crippen molar-refractivity contribution >= 4 is 38.6 Å². The van der Waals surface area contributed by atoms with Crippen LogP contribution in [0.25, 0.3) is 0 Å². The van der Waals surface area contributed by atoms with Gasteiger partial charge in [0.25, 0.3) is 0 Å². The third-order valence-corrected chi connectivity index (χ3v) is 5.35. The van der Waals surface area contributed by atoms with E-state index in [-0.39, 0.29) is 16.5 Å². The van der Waals surface area contributed by atoms with Crippen LogP contribution < -0.4 is 10.5 Å². The SMILES string of the molecule is Cc1nc(CCNS(=O)(=O)c2ccc(N)cc2Cl)cs1. The minimum absolute atomic E-state index is 0.0304. The molecule has 0 radical (unpaired) electrons.